The van der Waals surface area contributed by atoms with Gasteiger partial charge in [-0.05, 0) is 7.05 Å². The number of rotatable bonds is 2. The molecule has 2 unspecified atom stereocenters. The number of likely N-dealkylation sites (N-methyl/N-ethyl adjacent to an activating group) is 1. The second-order valence-corrected chi connectivity index (χ2v) is 2.89. The van der Waals surface area contributed by atoms with E-state index in [1.807, 2.05) is 0 Å². The normalized spacial score (nSPS) is 29.8. The van der Waals surface area contributed by atoms with Gasteiger partial charge in [-0.2, -0.15) is 0 Å². The van der Waals surface area contributed by atoms with Crippen molar-refractivity contribution in [2.24, 2.45) is 0 Å². The third kappa shape index (κ3) is 2.33. The van der Waals surface area contributed by atoms with Gasteiger partial charge in [-0.25, -0.2) is 0 Å². The summed E-state index contributed by atoms with van der Waals surface area (Å²) in [5, 5.41) is 8.70. The predicted octanol–water partition coefficient (Wildman–Crippen LogP) is 0.212. The summed E-state index contributed by atoms with van der Waals surface area (Å²) in [6.07, 6.45) is 0.684. The van der Waals surface area contributed by atoms with Gasteiger partial charge in [0.2, 0.25) is 0 Å². The van der Waals surface area contributed by atoms with Gasteiger partial charge >= 0.3 is 5.97 Å². The number of carbonyl (C=O) groups is 1. The minimum atomic E-state index is -0.757. The number of aliphatic carboxylic acids is 1. The smallest absolute Gasteiger partial charge is 0.321 e. The van der Waals surface area contributed by atoms with Gasteiger partial charge in [0.05, 0.1) is 6.10 Å². The number of ether oxygens (including phenoxy) is 1. The Morgan fingerprint density at radius 3 is 2.50 bits per heavy atom. The molecule has 2 atom stereocenters. The highest BCUT2D eigenvalue weighted by Gasteiger charge is 2.34. The molecule has 1 saturated heterocycles. The molecule has 0 aromatic carbocycles. The Morgan fingerprint density at radius 2 is 2.25 bits per heavy atom. The van der Waals surface area contributed by atoms with Crippen molar-refractivity contribution in [1.82, 2.24) is 4.90 Å². The second kappa shape index (κ2) is 4.64. The van der Waals surface area contributed by atoms with Gasteiger partial charge in [0.25, 0.3) is 0 Å². The lowest BCUT2D eigenvalue weighted by molar-refractivity contribution is -0.141. The van der Waals surface area contributed by atoms with E-state index in [1.165, 1.54) is 0 Å². The molecule has 1 aliphatic heterocycles. The molecule has 0 radical (unpaired) electrons. The fourth-order valence-corrected chi connectivity index (χ4v) is 1.41. The molecule has 0 aromatic rings. The molecule has 0 saturated carbocycles. The monoisotopic (exact) mass is 195 g/mol. The third-order valence-electron chi connectivity index (χ3n) is 2.13. The van der Waals surface area contributed by atoms with Crippen molar-refractivity contribution < 1.29 is 14.6 Å². The van der Waals surface area contributed by atoms with Crippen LogP contribution < -0.4 is 0 Å². The Labute approximate surface area is 77.9 Å². The van der Waals surface area contributed by atoms with E-state index in [1.54, 1.807) is 19.1 Å². The summed E-state index contributed by atoms with van der Waals surface area (Å²) in [5.74, 6) is -0.757. The molecule has 4 nitrogen and oxygen atoms in total. The molecule has 0 amide bonds. The molecule has 0 bridgehead atoms. The maximum atomic E-state index is 10.6. The summed E-state index contributed by atoms with van der Waals surface area (Å²) in [5.41, 5.74) is 0. The highest BCUT2D eigenvalue weighted by Crippen LogP contribution is 2.17. The van der Waals surface area contributed by atoms with Crippen LogP contribution in [0.15, 0.2) is 0 Å². The molecule has 5 heteroatoms. The Morgan fingerprint density at radius 1 is 1.67 bits per heavy atom. The minimum Gasteiger partial charge on any atom is -0.480 e. The van der Waals surface area contributed by atoms with E-state index in [0.717, 1.165) is 0 Å². The summed E-state index contributed by atoms with van der Waals surface area (Å²) < 4.78 is 5.06. The van der Waals surface area contributed by atoms with Gasteiger partial charge in [0, 0.05) is 20.1 Å². The zero-order valence-electron chi connectivity index (χ0n) is 7.19. The van der Waals surface area contributed by atoms with Gasteiger partial charge in [-0.15, -0.1) is 12.4 Å². The minimum absolute atomic E-state index is 0. The van der Waals surface area contributed by atoms with E-state index in [0.29, 0.717) is 13.0 Å². The number of nitrogens with zero attached hydrogens (tertiary/aromatic N) is 1. The number of halogens is 1. The summed E-state index contributed by atoms with van der Waals surface area (Å²) in [7, 11) is 3.42. The van der Waals surface area contributed by atoms with Crippen molar-refractivity contribution in [2.75, 3.05) is 20.7 Å². The van der Waals surface area contributed by atoms with Crippen molar-refractivity contribution in [3.05, 3.63) is 0 Å². The van der Waals surface area contributed by atoms with E-state index < -0.39 is 5.97 Å². The van der Waals surface area contributed by atoms with Crippen LogP contribution in [0.5, 0.6) is 0 Å². The highest BCUT2D eigenvalue weighted by atomic mass is 35.5. The van der Waals surface area contributed by atoms with Crippen LogP contribution in [-0.4, -0.2) is 48.8 Å². The van der Waals surface area contributed by atoms with Crippen LogP contribution >= 0.6 is 12.4 Å². The summed E-state index contributed by atoms with van der Waals surface area (Å²) >= 11 is 0. The van der Waals surface area contributed by atoms with E-state index in [9.17, 15) is 4.79 Å². The van der Waals surface area contributed by atoms with Gasteiger partial charge < -0.3 is 9.84 Å². The number of likely N-dealkylation sites (tertiary alicyclic amines) is 1. The maximum absolute atomic E-state index is 10.6. The maximum Gasteiger partial charge on any atom is 0.321 e. The van der Waals surface area contributed by atoms with Gasteiger partial charge in [0.1, 0.15) is 6.04 Å². The molecule has 72 valence electrons. The molecular formula is C7H14ClNO3. The Balaban J connectivity index is 0.00000121. The molecule has 1 heterocycles. The van der Waals surface area contributed by atoms with Gasteiger partial charge in [-0.1, -0.05) is 0 Å². The first kappa shape index (κ1) is 11.7. The first-order valence-electron chi connectivity index (χ1n) is 3.61. The molecule has 1 fully saturated rings. The number of carboxylic acid groups (broad SMARTS) is 1. The average molecular weight is 196 g/mol. The molecule has 0 spiro atoms. The summed E-state index contributed by atoms with van der Waals surface area (Å²) in [6, 6.07) is -0.361. The summed E-state index contributed by atoms with van der Waals surface area (Å²) in [6.45, 7) is 0.716. The topological polar surface area (TPSA) is 49.8 Å². The van der Waals surface area contributed by atoms with Crippen LogP contribution in [0.2, 0.25) is 0 Å². The van der Waals surface area contributed by atoms with Crippen molar-refractivity contribution in [3.8, 4) is 0 Å². The molecule has 1 rings (SSSR count). The first-order chi connectivity index (χ1) is 5.15. The lowest BCUT2D eigenvalue weighted by atomic mass is 10.2. The van der Waals surface area contributed by atoms with E-state index >= 15 is 0 Å². The lowest BCUT2D eigenvalue weighted by Crippen LogP contribution is -2.32. The molecular weight excluding hydrogens is 182 g/mol. The lowest BCUT2D eigenvalue weighted by Gasteiger charge is -2.12. The molecule has 0 aromatic heterocycles. The number of methoxy groups -OCH3 is 1. The van der Waals surface area contributed by atoms with Crippen LogP contribution in [0.4, 0.5) is 0 Å². The molecule has 1 N–H and O–H groups in total. The van der Waals surface area contributed by atoms with Crippen LogP contribution in [0, 0.1) is 0 Å². The van der Waals surface area contributed by atoms with Crippen molar-refractivity contribution in [2.45, 2.75) is 18.6 Å². The molecule has 1 aliphatic rings. The van der Waals surface area contributed by atoms with Crippen molar-refractivity contribution in [1.29, 1.82) is 0 Å². The van der Waals surface area contributed by atoms with E-state index in [-0.39, 0.29) is 24.6 Å². The van der Waals surface area contributed by atoms with Crippen molar-refractivity contribution in [3.63, 3.8) is 0 Å². The third-order valence-corrected chi connectivity index (χ3v) is 2.13. The SMILES string of the molecule is COC1CC(C(=O)O)N(C)C1.Cl. The fourth-order valence-electron chi connectivity index (χ4n) is 1.41. The number of hydrogen-bond acceptors (Lipinski definition) is 3. The molecule has 12 heavy (non-hydrogen) atoms. The van der Waals surface area contributed by atoms with Gasteiger partial charge in [0.15, 0.2) is 0 Å². The largest absolute Gasteiger partial charge is 0.480 e. The van der Waals surface area contributed by atoms with Crippen molar-refractivity contribution >= 4 is 18.4 Å². The van der Waals surface area contributed by atoms with Crippen LogP contribution in [0.1, 0.15) is 6.42 Å². The summed E-state index contributed by atoms with van der Waals surface area (Å²) in [4.78, 5) is 12.4. The van der Waals surface area contributed by atoms with Gasteiger partial charge in [-0.3, -0.25) is 9.69 Å². The van der Waals surface area contributed by atoms with Crippen LogP contribution in [0.25, 0.3) is 0 Å². The fraction of sp³-hybridized carbons (Fsp3) is 0.857. The Bertz CT molecular complexity index is 165. The van der Waals surface area contributed by atoms with Crippen LogP contribution in [0.3, 0.4) is 0 Å². The Kier molecular flexibility index (Phi) is 4.52. The second-order valence-electron chi connectivity index (χ2n) is 2.89. The first-order valence-corrected chi connectivity index (χ1v) is 3.61. The quantitative estimate of drug-likeness (QED) is 0.685. The zero-order chi connectivity index (χ0) is 8.43. The average Bonchev–Trinajstić information content (AvgIpc) is 2.30. The van der Waals surface area contributed by atoms with E-state index in [2.05, 4.69) is 0 Å². The predicted molar refractivity (Wildman–Crippen MR) is 46.7 cm³/mol. The Hall–Kier alpha value is -0.320. The van der Waals surface area contributed by atoms with E-state index in [4.69, 9.17) is 9.84 Å². The zero-order valence-corrected chi connectivity index (χ0v) is 8.00. The standard InChI is InChI=1S/C7H13NO3.ClH/c1-8-4-5(11-2)3-6(8)7(9)10;/h5-6H,3-4H2,1-2H3,(H,9,10);1H. The number of carboxylic acids is 1. The van der Waals surface area contributed by atoms with Crippen LogP contribution in [-0.2, 0) is 9.53 Å². The number of hydrogen-bond donors (Lipinski definition) is 1. The highest BCUT2D eigenvalue weighted by molar-refractivity contribution is 5.85. The molecule has 0 aliphatic carbocycles.